The van der Waals surface area contributed by atoms with Crippen LogP contribution in [0.2, 0.25) is 5.02 Å². The fourth-order valence-electron chi connectivity index (χ4n) is 5.34. The SMILES string of the molecule is Cc1sc2c(c1C)C(c1ccc(Cl)cc1)=N[C@@H](CC(=O)N(C)CCCC(=O)Nc1ccc(C(=O)O)c(C#CCN)c1)c1nnc(C)n1-2.Cl. The lowest BCUT2D eigenvalue weighted by atomic mass is 9.99. The Kier molecular flexibility index (Phi) is 11.8. The third kappa shape index (κ3) is 7.77. The van der Waals surface area contributed by atoms with Crippen molar-refractivity contribution >= 4 is 64.5 Å². The maximum absolute atomic E-state index is 13.6. The number of fused-ring (bicyclic) bond motifs is 3. The molecule has 48 heavy (non-hydrogen) atoms. The number of aromatic carboxylic acids is 1. The number of halogens is 2. The molecule has 0 bridgehead atoms. The molecule has 14 heteroatoms. The van der Waals surface area contributed by atoms with Crippen LogP contribution in [0.5, 0.6) is 0 Å². The molecule has 3 heterocycles. The second kappa shape index (κ2) is 15.6. The third-order valence-corrected chi connectivity index (χ3v) is 9.35. The summed E-state index contributed by atoms with van der Waals surface area (Å²) in [5, 5.41) is 22.6. The van der Waals surface area contributed by atoms with Crippen molar-refractivity contribution < 1.29 is 19.5 Å². The van der Waals surface area contributed by atoms with Crippen molar-refractivity contribution in [2.75, 3.05) is 25.5 Å². The summed E-state index contributed by atoms with van der Waals surface area (Å²) in [6.45, 7) is 6.46. The maximum Gasteiger partial charge on any atom is 0.336 e. The molecule has 4 N–H and O–H groups in total. The molecular formula is C34H35Cl2N7O4S. The first kappa shape index (κ1) is 36.3. The number of rotatable bonds is 9. The molecular weight excluding hydrogens is 673 g/mol. The largest absolute Gasteiger partial charge is 0.478 e. The number of benzene rings is 2. The predicted octanol–water partition coefficient (Wildman–Crippen LogP) is 5.50. The highest BCUT2D eigenvalue weighted by molar-refractivity contribution is 7.15. The van der Waals surface area contributed by atoms with Crippen LogP contribution in [0.3, 0.4) is 0 Å². The number of carbonyl (C=O) groups is 3. The molecule has 0 radical (unpaired) electrons. The number of amides is 2. The number of carboxylic acid groups (broad SMARTS) is 1. The molecule has 11 nitrogen and oxygen atoms in total. The normalized spacial score (nSPS) is 13.1. The average molecular weight is 709 g/mol. The van der Waals surface area contributed by atoms with E-state index in [1.165, 1.54) is 18.2 Å². The summed E-state index contributed by atoms with van der Waals surface area (Å²) >= 11 is 7.85. The average Bonchev–Trinajstić information content (AvgIpc) is 3.51. The molecule has 5 rings (SSSR count). The predicted molar refractivity (Wildman–Crippen MR) is 190 cm³/mol. The number of thiophene rings is 1. The molecule has 250 valence electrons. The molecule has 0 fully saturated rings. The van der Waals surface area contributed by atoms with Gasteiger partial charge in [0.05, 0.1) is 24.2 Å². The van der Waals surface area contributed by atoms with Crippen LogP contribution >= 0.6 is 35.3 Å². The lowest BCUT2D eigenvalue weighted by Gasteiger charge is -2.20. The van der Waals surface area contributed by atoms with Gasteiger partial charge in [-0.05, 0) is 63.1 Å². The number of anilines is 1. The summed E-state index contributed by atoms with van der Waals surface area (Å²) in [6, 6.07) is 11.3. The number of hydrogen-bond donors (Lipinski definition) is 3. The van der Waals surface area contributed by atoms with Gasteiger partial charge in [-0.15, -0.1) is 33.9 Å². The van der Waals surface area contributed by atoms with Gasteiger partial charge >= 0.3 is 5.97 Å². The molecule has 0 aliphatic carbocycles. The Balaban J connectivity index is 0.00000520. The van der Waals surface area contributed by atoms with Gasteiger partial charge in [-0.25, -0.2) is 4.79 Å². The van der Waals surface area contributed by atoms with Crippen molar-refractivity contribution in [1.82, 2.24) is 19.7 Å². The van der Waals surface area contributed by atoms with Crippen LogP contribution in [0, 0.1) is 32.6 Å². The molecule has 0 saturated carbocycles. The van der Waals surface area contributed by atoms with Gasteiger partial charge in [-0.3, -0.25) is 19.1 Å². The smallest absolute Gasteiger partial charge is 0.336 e. The summed E-state index contributed by atoms with van der Waals surface area (Å²) < 4.78 is 2.00. The number of nitrogens with zero attached hydrogens (tertiary/aromatic N) is 5. The summed E-state index contributed by atoms with van der Waals surface area (Å²) in [5.74, 6) is 5.14. The van der Waals surface area contributed by atoms with Crippen molar-refractivity contribution in [3.8, 4) is 16.8 Å². The molecule has 1 atom stereocenters. The van der Waals surface area contributed by atoms with Gasteiger partial charge < -0.3 is 21.1 Å². The highest BCUT2D eigenvalue weighted by atomic mass is 35.5. The Bertz CT molecular complexity index is 1960. The molecule has 2 aromatic heterocycles. The van der Waals surface area contributed by atoms with Crippen LogP contribution in [0.4, 0.5) is 5.69 Å². The molecule has 1 aliphatic heterocycles. The Hall–Kier alpha value is -4.54. The fourth-order valence-corrected chi connectivity index (χ4v) is 6.68. The van der Waals surface area contributed by atoms with Crippen LogP contribution in [0.15, 0.2) is 47.5 Å². The quantitative estimate of drug-likeness (QED) is 0.194. The minimum absolute atomic E-state index is 0. The van der Waals surface area contributed by atoms with Gasteiger partial charge in [-0.2, -0.15) is 0 Å². The molecule has 1 aliphatic rings. The Labute approximate surface area is 293 Å². The first-order valence-electron chi connectivity index (χ1n) is 14.9. The first-order valence-corrected chi connectivity index (χ1v) is 16.1. The number of carboxylic acids is 1. The third-order valence-electron chi connectivity index (χ3n) is 7.91. The second-order valence-corrected chi connectivity index (χ2v) is 12.8. The highest BCUT2D eigenvalue weighted by Gasteiger charge is 2.33. The Morgan fingerprint density at radius 2 is 1.85 bits per heavy atom. The number of aliphatic imine (C=N–C) groups is 1. The van der Waals surface area contributed by atoms with Crippen molar-refractivity contribution in [3.63, 3.8) is 0 Å². The number of hydrogen-bond acceptors (Lipinski definition) is 8. The van der Waals surface area contributed by atoms with Crippen LogP contribution in [0.1, 0.15) is 74.4 Å². The zero-order chi connectivity index (χ0) is 33.8. The van der Waals surface area contributed by atoms with E-state index in [2.05, 4.69) is 41.2 Å². The van der Waals surface area contributed by atoms with E-state index in [9.17, 15) is 19.5 Å². The zero-order valence-electron chi connectivity index (χ0n) is 26.8. The molecule has 4 aromatic rings. The van der Waals surface area contributed by atoms with E-state index in [1.807, 2.05) is 35.8 Å². The monoisotopic (exact) mass is 707 g/mol. The molecule has 0 spiro atoms. The summed E-state index contributed by atoms with van der Waals surface area (Å²) in [5.41, 5.74) is 9.90. The van der Waals surface area contributed by atoms with Gasteiger partial charge in [0.25, 0.3) is 0 Å². The lowest BCUT2D eigenvalue weighted by molar-refractivity contribution is -0.130. The molecule has 0 saturated heterocycles. The fraction of sp³-hybridized carbons (Fsp3) is 0.294. The van der Waals surface area contributed by atoms with E-state index < -0.39 is 12.0 Å². The van der Waals surface area contributed by atoms with Gasteiger partial charge in [0, 0.05) is 52.3 Å². The summed E-state index contributed by atoms with van der Waals surface area (Å²) in [4.78, 5) is 45.7. The van der Waals surface area contributed by atoms with E-state index >= 15 is 0 Å². The van der Waals surface area contributed by atoms with Gasteiger partial charge in [0.2, 0.25) is 11.8 Å². The first-order chi connectivity index (χ1) is 22.5. The van der Waals surface area contributed by atoms with E-state index in [-0.39, 0.29) is 54.7 Å². The minimum atomic E-state index is -1.12. The topological polar surface area (TPSA) is 156 Å². The molecule has 2 amide bonds. The van der Waals surface area contributed by atoms with Gasteiger partial charge in [-0.1, -0.05) is 35.6 Å². The Morgan fingerprint density at radius 3 is 2.54 bits per heavy atom. The second-order valence-electron chi connectivity index (χ2n) is 11.1. The number of aromatic nitrogens is 3. The van der Waals surface area contributed by atoms with E-state index in [1.54, 1.807) is 23.3 Å². The summed E-state index contributed by atoms with van der Waals surface area (Å²) in [6.07, 6.45) is 0.625. The van der Waals surface area contributed by atoms with Crippen LogP contribution < -0.4 is 11.1 Å². The Morgan fingerprint density at radius 1 is 1.12 bits per heavy atom. The van der Waals surface area contributed by atoms with E-state index in [4.69, 9.17) is 22.3 Å². The van der Waals surface area contributed by atoms with Crippen LogP contribution in [-0.4, -0.2) is 68.4 Å². The van der Waals surface area contributed by atoms with Crippen molar-refractivity contribution in [2.45, 2.75) is 46.1 Å². The maximum atomic E-state index is 13.6. The number of nitrogens with two attached hydrogens (primary N) is 1. The lowest BCUT2D eigenvalue weighted by Crippen LogP contribution is -2.30. The minimum Gasteiger partial charge on any atom is -0.478 e. The zero-order valence-corrected chi connectivity index (χ0v) is 29.2. The van der Waals surface area contributed by atoms with E-state index in [0.717, 1.165) is 32.3 Å². The van der Waals surface area contributed by atoms with Crippen molar-refractivity contribution in [2.24, 2.45) is 10.7 Å². The summed E-state index contributed by atoms with van der Waals surface area (Å²) in [7, 11) is 1.70. The van der Waals surface area contributed by atoms with Crippen molar-refractivity contribution in [3.05, 3.63) is 91.8 Å². The van der Waals surface area contributed by atoms with Gasteiger partial charge in [0.15, 0.2) is 5.82 Å². The standard InChI is InChI=1S/C34H34ClN7O4S.ClH/c1-19-20(2)47-33-30(19)31(22-9-11-24(35)12-10-22)38-27(32-40-39-21(3)42(32)33)18-29(44)41(4)16-6-8-28(43)37-25-13-14-26(34(45)46)23(17-25)7-5-15-36;/h9-14,17,27H,6,8,15-16,18,36H2,1-4H3,(H,37,43)(H,45,46);1H/t27-;/m0./s1. The van der Waals surface area contributed by atoms with Crippen LogP contribution in [0.25, 0.3) is 5.00 Å². The van der Waals surface area contributed by atoms with Gasteiger partial charge in [0.1, 0.15) is 16.9 Å². The molecule has 0 unspecified atom stereocenters. The number of nitrogens with one attached hydrogen (secondary N) is 1. The van der Waals surface area contributed by atoms with E-state index in [0.29, 0.717) is 35.3 Å². The number of carbonyl (C=O) groups excluding carboxylic acids is 2. The van der Waals surface area contributed by atoms with Crippen LogP contribution in [-0.2, 0) is 9.59 Å². The highest BCUT2D eigenvalue weighted by Crippen LogP contribution is 2.39. The van der Waals surface area contributed by atoms with Crippen molar-refractivity contribution in [1.29, 1.82) is 0 Å². The molecule has 2 aromatic carbocycles. The number of aryl methyl sites for hydroxylation is 2.